The molecule has 0 aliphatic carbocycles. The van der Waals surface area contributed by atoms with Gasteiger partial charge in [-0.3, -0.25) is 15.1 Å². The van der Waals surface area contributed by atoms with Crippen LogP contribution in [-0.4, -0.2) is 49.7 Å². The summed E-state index contributed by atoms with van der Waals surface area (Å²) >= 11 is 0. The molecule has 1 saturated heterocycles. The number of carbonyl (C=O) groups excluding carboxylic acids is 1. The highest BCUT2D eigenvalue weighted by atomic mass is 16.5. The summed E-state index contributed by atoms with van der Waals surface area (Å²) < 4.78 is 5.08. The number of anilines is 1. The summed E-state index contributed by atoms with van der Waals surface area (Å²) in [5.41, 5.74) is 2.01. The summed E-state index contributed by atoms with van der Waals surface area (Å²) in [6.45, 7) is 4.69. The Morgan fingerprint density at radius 1 is 1.24 bits per heavy atom. The van der Waals surface area contributed by atoms with Crippen LogP contribution in [0.5, 0.6) is 0 Å². The van der Waals surface area contributed by atoms with Crippen LogP contribution in [0.15, 0.2) is 24.3 Å². The van der Waals surface area contributed by atoms with Crippen LogP contribution in [0.1, 0.15) is 31.5 Å². The van der Waals surface area contributed by atoms with Gasteiger partial charge in [-0.15, -0.1) is 0 Å². The smallest absolute Gasteiger partial charge is 0.411 e. The summed E-state index contributed by atoms with van der Waals surface area (Å²) in [6.07, 6.45) is 1.85. The highest BCUT2D eigenvalue weighted by Gasteiger charge is 2.27. The Morgan fingerprint density at radius 3 is 2.43 bits per heavy atom. The maximum atomic E-state index is 11.6. The van der Waals surface area contributed by atoms with Crippen molar-refractivity contribution in [1.29, 1.82) is 0 Å². The van der Waals surface area contributed by atoms with Gasteiger partial charge in [-0.2, -0.15) is 0 Å². The fraction of sp³-hybridized carbons (Fsp3) is 0.562. The number of amides is 1. The van der Waals surface area contributed by atoms with Gasteiger partial charge in [-0.1, -0.05) is 25.5 Å². The lowest BCUT2D eigenvalue weighted by molar-refractivity contribution is 0.160. The molecule has 2 rings (SSSR count). The van der Waals surface area contributed by atoms with Gasteiger partial charge in [0.05, 0.1) is 12.8 Å². The minimum absolute atomic E-state index is 0.315. The first-order valence-electron chi connectivity index (χ1n) is 7.56. The Morgan fingerprint density at radius 2 is 1.86 bits per heavy atom. The van der Waals surface area contributed by atoms with Gasteiger partial charge >= 0.3 is 6.09 Å². The van der Waals surface area contributed by atoms with Crippen molar-refractivity contribution in [2.45, 2.75) is 25.9 Å². The Kier molecular flexibility index (Phi) is 5.59. The standard InChI is InChI=1S/C16H25N3O2/c1-4-5-12-21-16(20)17-14-8-6-13(7-9-14)15-18(2)10-11-19(15)3/h6-9,15H,4-5,10-12H2,1-3H3,(H,17,20). The second-order valence-corrected chi connectivity index (χ2v) is 5.57. The van der Waals surface area contributed by atoms with Crippen molar-refractivity contribution in [3.05, 3.63) is 29.8 Å². The van der Waals surface area contributed by atoms with Crippen LogP contribution in [0.2, 0.25) is 0 Å². The molecule has 116 valence electrons. The van der Waals surface area contributed by atoms with Gasteiger partial charge in [0, 0.05) is 18.8 Å². The highest BCUT2D eigenvalue weighted by Crippen LogP contribution is 2.27. The summed E-state index contributed by atoms with van der Waals surface area (Å²) in [7, 11) is 4.26. The van der Waals surface area contributed by atoms with E-state index in [1.165, 1.54) is 5.56 Å². The Labute approximate surface area is 126 Å². The van der Waals surface area contributed by atoms with Gasteiger partial charge in [-0.25, -0.2) is 4.79 Å². The third-order valence-corrected chi connectivity index (χ3v) is 3.83. The zero-order valence-electron chi connectivity index (χ0n) is 13.1. The van der Waals surface area contributed by atoms with Gasteiger partial charge < -0.3 is 4.74 Å². The van der Waals surface area contributed by atoms with E-state index in [0.717, 1.165) is 31.6 Å². The predicted octanol–water partition coefficient (Wildman–Crippen LogP) is 2.91. The number of rotatable bonds is 5. The fourth-order valence-electron chi connectivity index (χ4n) is 2.61. The van der Waals surface area contributed by atoms with Gasteiger partial charge in [0.25, 0.3) is 0 Å². The van der Waals surface area contributed by atoms with E-state index in [1.54, 1.807) is 0 Å². The number of benzene rings is 1. The van der Waals surface area contributed by atoms with Crippen LogP contribution in [0.4, 0.5) is 10.5 Å². The molecule has 1 aromatic carbocycles. The molecule has 0 bridgehead atoms. The van der Waals surface area contributed by atoms with E-state index < -0.39 is 0 Å². The molecule has 0 unspecified atom stereocenters. The van der Waals surface area contributed by atoms with E-state index >= 15 is 0 Å². The molecule has 0 atom stereocenters. The van der Waals surface area contributed by atoms with Crippen LogP contribution in [0, 0.1) is 0 Å². The summed E-state index contributed by atoms with van der Waals surface area (Å²) in [5, 5.41) is 2.75. The second-order valence-electron chi connectivity index (χ2n) is 5.57. The van der Waals surface area contributed by atoms with E-state index in [1.807, 2.05) is 12.1 Å². The normalized spacial score (nSPS) is 17.1. The van der Waals surface area contributed by atoms with E-state index in [-0.39, 0.29) is 6.09 Å². The molecule has 0 spiro atoms. The van der Waals surface area contributed by atoms with E-state index in [4.69, 9.17) is 4.74 Å². The first-order valence-corrected chi connectivity index (χ1v) is 7.56. The van der Waals surface area contributed by atoms with Crippen molar-refractivity contribution >= 4 is 11.8 Å². The minimum atomic E-state index is -0.383. The summed E-state index contributed by atoms with van der Waals surface area (Å²) in [6, 6.07) is 7.97. The third kappa shape index (κ3) is 4.19. The molecular weight excluding hydrogens is 266 g/mol. The topological polar surface area (TPSA) is 44.8 Å². The van der Waals surface area contributed by atoms with Crippen LogP contribution in [0.3, 0.4) is 0 Å². The molecule has 1 aromatic rings. The first kappa shape index (κ1) is 15.8. The molecule has 1 N–H and O–H groups in total. The number of nitrogens with one attached hydrogen (secondary N) is 1. The van der Waals surface area contributed by atoms with Crippen LogP contribution in [0.25, 0.3) is 0 Å². The SMILES string of the molecule is CCCCOC(=O)Nc1ccc(C2N(C)CCN2C)cc1. The van der Waals surface area contributed by atoms with Crippen molar-refractivity contribution in [2.24, 2.45) is 0 Å². The van der Waals surface area contributed by atoms with Crippen molar-refractivity contribution in [2.75, 3.05) is 39.1 Å². The Balaban J connectivity index is 1.91. The average Bonchev–Trinajstić information content (AvgIpc) is 2.80. The number of hydrogen-bond acceptors (Lipinski definition) is 4. The van der Waals surface area contributed by atoms with Gasteiger partial charge in [0.1, 0.15) is 0 Å². The summed E-state index contributed by atoms with van der Waals surface area (Å²) in [5.74, 6) is 0. The number of hydrogen-bond donors (Lipinski definition) is 1. The number of unbranched alkanes of at least 4 members (excludes halogenated alkanes) is 1. The molecule has 1 fully saturated rings. The van der Waals surface area contributed by atoms with Crippen LogP contribution in [-0.2, 0) is 4.74 Å². The molecule has 21 heavy (non-hydrogen) atoms. The van der Waals surface area contributed by atoms with Crippen LogP contribution >= 0.6 is 0 Å². The molecule has 0 saturated carbocycles. The van der Waals surface area contributed by atoms with Crippen molar-refractivity contribution in [3.63, 3.8) is 0 Å². The predicted molar refractivity (Wildman–Crippen MR) is 84.3 cm³/mol. The summed E-state index contributed by atoms with van der Waals surface area (Å²) in [4.78, 5) is 16.2. The molecule has 1 heterocycles. The minimum Gasteiger partial charge on any atom is -0.449 e. The molecule has 1 aliphatic rings. The van der Waals surface area contributed by atoms with Gasteiger partial charge in [0.15, 0.2) is 0 Å². The Bertz CT molecular complexity index is 451. The van der Waals surface area contributed by atoms with Gasteiger partial charge in [-0.05, 0) is 38.2 Å². The zero-order chi connectivity index (χ0) is 15.2. The average molecular weight is 291 g/mol. The Hall–Kier alpha value is -1.59. The maximum absolute atomic E-state index is 11.6. The number of ether oxygens (including phenoxy) is 1. The van der Waals surface area contributed by atoms with E-state index in [0.29, 0.717) is 12.8 Å². The number of carbonyl (C=O) groups is 1. The second kappa shape index (κ2) is 7.43. The lowest BCUT2D eigenvalue weighted by Crippen LogP contribution is -2.25. The lowest BCUT2D eigenvalue weighted by Gasteiger charge is -2.25. The molecule has 5 nitrogen and oxygen atoms in total. The molecule has 0 aromatic heterocycles. The molecule has 5 heteroatoms. The third-order valence-electron chi connectivity index (χ3n) is 3.83. The lowest BCUT2D eigenvalue weighted by atomic mass is 10.1. The monoisotopic (exact) mass is 291 g/mol. The molecule has 0 radical (unpaired) electrons. The molecule has 1 aliphatic heterocycles. The largest absolute Gasteiger partial charge is 0.449 e. The highest BCUT2D eigenvalue weighted by molar-refractivity contribution is 5.84. The number of nitrogens with zero attached hydrogens (tertiary/aromatic N) is 2. The fourth-order valence-corrected chi connectivity index (χ4v) is 2.61. The van der Waals surface area contributed by atoms with E-state index in [9.17, 15) is 4.79 Å². The van der Waals surface area contributed by atoms with E-state index in [2.05, 4.69) is 48.3 Å². The van der Waals surface area contributed by atoms with Crippen molar-refractivity contribution < 1.29 is 9.53 Å². The maximum Gasteiger partial charge on any atom is 0.411 e. The zero-order valence-corrected chi connectivity index (χ0v) is 13.1. The molecular formula is C16H25N3O2. The molecule has 1 amide bonds. The van der Waals surface area contributed by atoms with Crippen molar-refractivity contribution in [3.8, 4) is 0 Å². The quantitative estimate of drug-likeness (QED) is 0.847. The van der Waals surface area contributed by atoms with Crippen molar-refractivity contribution in [1.82, 2.24) is 9.80 Å². The van der Waals surface area contributed by atoms with Crippen LogP contribution < -0.4 is 5.32 Å². The number of likely N-dealkylation sites (N-methyl/N-ethyl adjacent to an activating group) is 2. The first-order chi connectivity index (χ1) is 10.1. The van der Waals surface area contributed by atoms with Gasteiger partial charge in [0.2, 0.25) is 0 Å².